The van der Waals surface area contributed by atoms with E-state index in [1.807, 2.05) is 31.2 Å². The van der Waals surface area contributed by atoms with Crippen molar-refractivity contribution in [2.75, 3.05) is 6.61 Å². The molecule has 0 bridgehead atoms. The van der Waals surface area contributed by atoms with Crippen molar-refractivity contribution in [3.8, 4) is 5.75 Å². The number of carbonyl (C=O) groups excluding carboxylic acids is 1. The van der Waals surface area contributed by atoms with Gasteiger partial charge in [-0.3, -0.25) is 4.79 Å². The molecule has 0 aliphatic heterocycles. The lowest BCUT2D eigenvalue weighted by atomic mass is 10.1. The molecular formula is C17H20BrNO2S. The van der Waals surface area contributed by atoms with Crippen molar-refractivity contribution in [1.82, 2.24) is 5.32 Å². The summed E-state index contributed by atoms with van der Waals surface area (Å²) in [7, 11) is 0. The molecule has 2 rings (SSSR count). The van der Waals surface area contributed by atoms with Gasteiger partial charge in [-0.25, -0.2) is 0 Å². The fraction of sp³-hybridized carbons (Fsp3) is 0.353. The van der Waals surface area contributed by atoms with Crippen LogP contribution in [-0.2, 0) is 11.2 Å². The van der Waals surface area contributed by atoms with Crippen LogP contribution >= 0.6 is 27.3 Å². The summed E-state index contributed by atoms with van der Waals surface area (Å²) in [5.74, 6) is 0.896. The van der Waals surface area contributed by atoms with Crippen molar-refractivity contribution in [2.24, 2.45) is 0 Å². The van der Waals surface area contributed by atoms with E-state index >= 15 is 0 Å². The molecule has 5 heteroatoms. The Labute approximate surface area is 143 Å². The summed E-state index contributed by atoms with van der Waals surface area (Å²) in [4.78, 5) is 11.9. The summed E-state index contributed by atoms with van der Waals surface area (Å²) in [5.41, 5.74) is 1.27. The summed E-state index contributed by atoms with van der Waals surface area (Å²) in [5, 5.41) is 7.21. The average Bonchev–Trinajstić information content (AvgIpc) is 2.98. The first-order valence-electron chi connectivity index (χ1n) is 7.33. The monoisotopic (exact) mass is 381 g/mol. The number of carbonyl (C=O) groups is 1. The lowest BCUT2D eigenvalue weighted by molar-refractivity contribution is -0.121. The molecule has 118 valence electrons. The maximum absolute atomic E-state index is 11.9. The highest BCUT2D eigenvalue weighted by molar-refractivity contribution is 9.10. The first-order chi connectivity index (χ1) is 10.6. The second-order valence-electron chi connectivity index (χ2n) is 5.19. The SMILES string of the molecule is CC(Cc1ccsc1)NC(=O)CCCOc1ccccc1Br. The number of nitrogens with one attached hydrogen (secondary N) is 1. The van der Waals surface area contributed by atoms with Gasteiger partial charge in [0, 0.05) is 12.5 Å². The topological polar surface area (TPSA) is 38.3 Å². The first-order valence-corrected chi connectivity index (χ1v) is 9.06. The molecule has 3 nitrogen and oxygen atoms in total. The summed E-state index contributed by atoms with van der Waals surface area (Å²) in [6, 6.07) is 9.98. The van der Waals surface area contributed by atoms with Crippen LogP contribution in [0.2, 0.25) is 0 Å². The fourth-order valence-electron chi connectivity index (χ4n) is 2.14. The lowest BCUT2D eigenvalue weighted by Gasteiger charge is -2.13. The highest BCUT2D eigenvalue weighted by Crippen LogP contribution is 2.23. The Morgan fingerprint density at radius 3 is 2.91 bits per heavy atom. The summed E-state index contributed by atoms with van der Waals surface area (Å²) in [6.07, 6.45) is 2.07. The quantitative estimate of drug-likeness (QED) is 0.687. The molecule has 0 radical (unpaired) electrons. The van der Waals surface area contributed by atoms with Crippen LogP contribution in [0.15, 0.2) is 45.6 Å². The highest BCUT2D eigenvalue weighted by Gasteiger charge is 2.08. The second-order valence-corrected chi connectivity index (χ2v) is 6.82. The molecule has 0 aliphatic carbocycles. The van der Waals surface area contributed by atoms with Crippen LogP contribution in [-0.4, -0.2) is 18.6 Å². The Bertz CT molecular complexity index is 586. The number of hydrogen-bond acceptors (Lipinski definition) is 3. The minimum Gasteiger partial charge on any atom is -0.492 e. The lowest BCUT2D eigenvalue weighted by Crippen LogP contribution is -2.34. The van der Waals surface area contributed by atoms with Crippen LogP contribution in [0.3, 0.4) is 0 Å². The number of hydrogen-bond donors (Lipinski definition) is 1. The molecule has 0 fully saturated rings. The predicted octanol–water partition coefficient (Wildman–Crippen LogP) is 4.42. The molecular weight excluding hydrogens is 362 g/mol. The fourth-order valence-corrected chi connectivity index (χ4v) is 3.22. The Morgan fingerprint density at radius 2 is 2.18 bits per heavy atom. The number of rotatable bonds is 8. The van der Waals surface area contributed by atoms with Crippen molar-refractivity contribution in [2.45, 2.75) is 32.2 Å². The molecule has 22 heavy (non-hydrogen) atoms. The molecule has 1 amide bonds. The van der Waals surface area contributed by atoms with Crippen molar-refractivity contribution in [3.05, 3.63) is 51.1 Å². The third-order valence-electron chi connectivity index (χ3n) is 3.17. The maximum atomic E-state index is 11.9. The molecule has 2 aromatic rings. The van der Waals surface area contributed by atoms with Gasteiger partial charge in [-0.2, -0.15) is 11.3 Å². The van der Waals surface area contributed by atoms with Gasteiger partial charge in [0.05, 0.1) is 11.1 Å². The Morgan fingerprint density at radius 1 is 1.36 bits per heavy atom. The highest BCUT2D eigenvalue weighted by atomic mass is 79.9. The van der Waals surface area contributed by atoms with Gasteiger partial charge in [0.25, 0.3) is 0 Å². The number of thiophene rings is 1. The van der Waals surface area contributed by atoms with E-state index in [1.54, 1.807) is 11.3 Å². The van der Waals surface area contributed by atoms with E-state index in [9.17, 15) is 4.79 Å². The number of benzene rings is 1. The van der Waals surface area contributed by atoms with Gasteiger partial charge >= 0.3 is 0 Å². The summed E-state index contributed by atoms with van der Waals surface area (Å²) < 4.78 is 6.59. The largest absolute Gasteiger partial charge is 0.492 e. The van der Waals surface area contributed by atoms with Crippen LogP contribution in [0.1, 0.15) is 25.3 Å². The average molecular weight is 382 g/mol. The molecule has 0 aliphatic rings. The van der Waals surface area contributed by atoms with Crippen molar-refractivity contribution >= 4 is 33.2 Å². The first kappa shape index (κ1) is 17.0. The predicted molar refractivity (Wildman–Crippen MR) is 94.5 cm³/mol. The van der Waals surface area contributed by atoms with Gasteiger partial charge in [-0.05, 0) is 70.2 Å². The molecule has 1 heterocycles. The maximum Gasteiger partial charge on any atom is 0.220 e. The van der Waals surface area contributed by atoms with Crippen molar-refractivity contribution in [3.63, 3.8) is 0 Å². The molecule has 1 aromatic heterocycles. The van der Waals surface area contributed by atoms with E-state index < -0.39 is 0 Å². The molecule has 0 spiro atoms. The third-order valence-corrected chi connectivity index (χ3v) is 4.56. The molecule has 1 N–H and O–H groups in total. The zero-order valence-electron chi connectivity index (χ0n) is 12.5. The number of amides is 1. The summed E-state index contributed by atoms with van der Waals surface area (Å²) >= 11 is 5.12. The molecule has 1 unspecified atom stereocenters. The van der Waals surface area contributed by atoms with Crippen LogP contribution in [0.5, 0.6) is 5.75 Å². The van der Waals surface area contributed by atoms with Crippen molar-refractivity contribution < 1.29 is 9.53 Å². The van der Waals surface area contributed by atoms with Crippen LogP contribution < -0.4 is 10.1 Å². The minimum atomic E-state index is 0.0819. The van der Waals surface area contributed by atoms with Crippen molar-refractivity contribution in [1.29, 1.82) is 0 Å². The Hall–Kier alpha value is -1.33. The number of ether oxygens (including phenoxy) is 1. The van der Waals surface area contributed by atoms with Crippen LogP contribution in [0, 0.1) is 0 Å². The normalized spacial score (nSPS) is 11.9. The van der Waals surface area contributed by atoms with Gasteiger partial charge in [-0.1, -0.05) is 12.1 Å². The van der Waals surface area contributed by atoms with E-state index in [0.717, 1.165) is 16.6 Å². The van der Waals surface area contributed by atoms with Crippen LogP contribution in [0.25, 0.3) is 0 Å². The van der Waals surface area contributed by atoms with Gasteiger partial charge in [0.2, 0.25) is 5.91 Å². The van der Waals surface area contributed by atoms with Gasteiger partial charge in [0.15, 0.2) is 0 Å². The molecule has 0 saturated heterocycles. The van der Waals surface area contributed by atoms with E-state index in [-0.39, 0.29) is 11.9 Å². The van der Waals surface area contributed by atoms with E-state index in [1.165, 1.54) is 5.56 Å². The smallest absolute Gasteiger partial charge is 0.220 e. The zero-order valence-corrected chi connectivity index (χ0v) is 15.0. The second kappa shape index (κ2) is 8.96. The summed E-state index contributed by atoms with van der Waals surface area (Å²) in [6.45, 7) is 2.57. The Balaban J connectivity index is 1.62. The standard InChI is InChI=1S/C17H20BrNO2S/c1-13(11-14-8-10-22-12-14)19-17(20)7-4-9-21-16-6-3-2-5-15(16)18/h2-3,5-6,8,10,12-13H,4,7,9,11H2,1H3,(H,19,20). The number of para-hydroxylation sites is 1. The minimum absolute atomic E-state index is 0.0819. The van der Waals surface area contributed by atoms with E-state index in [2.05, 4.69) is 38.1 Å². The van der Waals surface area contributed by atoms with Gasteiger partial charge < -0.3 is 10.1 Å². The number of halogens is 1. The van der Waals surface area contributed by atoms with Gasteiger partial charge in [-0.15, -0.1) is 0 Å². The van der Waals surface area contributed by atoms with Gasteiger partial charge in [0.1, 0.15) is 5.75 Å². The van der Waals surface area contributed by atoms with E-state index in [4.69, 9.17) is 4.74 Å². The van der Waals surface area contributed by atoms with E-state index in [0.29, 0.717) is 19.4 Å². The molecule has 1 aromatic carbocycles. The third kappa shape index (κ3) is 5.81. The zero-order chi connectivity index (χ0) is 15.8. The molecule has 1 atom stereocenters. The molecule has 0 saturated carbocycles. The van der Waals surface area contributed by atoms with Crippen LogP contribution in [0.4, 0.5) is 0 Å². The Kier molecular flexibility index (Phi) is 6.93.